The average Bonchev–Trinajstić information content (AvgIpc) is 3.48. The third kappa shape index (κ3) is 14.1. The Bertz CT molecular complexity index is 3260. The third-order valence-corrected chi connectivity index (χ3v) is 13.7. The number of hydrogen-bond donors (Lipinski definition) is 2. The Morgan fingerprint density at radius 1 is 0.423 bits per heavy atom. The summed E-state index contributed by atoms with van der Waals surface area (Å²) >= 11 is 14.0. The number of aromatic nitrogens is 2. The van der Waals surface area contributed by atoms with Gasteiger partial charge in [0.25, 0.3) is 0 Å². The maximum Gasteiger partial charge on any atom is 0.142 e. The predicted octanol–water partition coefficient (Wildman–Crippen LogP) is 12.7. The SMILES string of the molecule is COc1ccc(CNCc2cc(Cl)c(OCc3cccc(-c4cccc(COc5cc(OCc6cncc(C#N)c6)c(CNCc6ccc(OC)cc6OC)cc5Cl)c4C)c3C)cc2OCc2cncc(C#N)c2)c(OC)c1. The summed E-state index contributed by atoms with van der Waals surface area (Å²) in [6.45, 7) is 6.81. The first-order valence-electron chi connectivity index (χ1n) is 24.9. The second-order valence-corrected chi connectivity index (χ2v) is 18.9. The molecule has 14 nitrogen and oxygen atoms in total. The van der Waals surface area contributed by atoms with Crippen LogP contribution in [0.5, 0.6) is 46.0 Å². The van der Waals surface area contributed by atoms with E-state index < -0.39 is 0 Å². The number of hydrogen-bond acceptors (Lipinski definition) is 14. The summed E-state index contributed by atoms with van der Waals surface area (Å²) in [5.41, 5.74) is 12.0. The molecule has 6 aromatic carbocycles. The molecule has 0 saturated carbocycles. The fourth-order valence-electron chi connectivity index (χ4n) is 8.73. The van der Waals surface area contributed by atoms with Gasteiger partial charge >= 0.3 is 0 Å². The van der Waals surface area contributed by atoms with Gasteiger partial charge in [0.05, 0.1) is 49.6 Å². The van der Waals surface area contributed by atoms with Crippen LogP contribution < -0.4 is 48.5 Å². The lowest BCUT2D eigenvalue weighted by atomic mass is 9.92. The first-order chi connectivity index (χ1) is 38.0. The highest BCUT2D eigenvalue weighted by Gasteiger charge is 2.18. The highest BCUT2D eigenvalue weighted by Crippen LogP contribution is 2.38. The van der Waals surface area contributed by atoms with Crippen LogP contribution in [0.15, 0.2) is 134 Å². The Kier molecular flexibility index (Phi) is 19.3. The molecule has 2 heterocycles. The van der Waals surface area contributed by atoms with Crippen LogP contribution in [-0.2, 0) is 52.6 Å². The molecule has 0 aliphatic heterocycles. The second-order valence-electron chi connectivity index (χ2n) is 18.1. The van der Waals surface area contributed by atoms with Crippen molar-refractivity contribution in [2.75, 3.05) is 28.4 Å². The van der Waals surface area contributed by atoms with Crippen molar-refractivity contribution in [3.8, 4) is 69.3 Å². The minimum Gasteiger partial charge on any atom is -0.497 e. The summed E-state index contributed by atoms with van der Waals surface area (Å²) < 4.78 is 47.8. The Labute approximate surface area is 465 Å². The molecule has 0 aliphatic rings. The van der Waals surface area contributed by atoms with Crippen molar-refractivity contribution in [1.29, 1.82) is 10.5 Å². The largest absolute Gasteiger partial charge is 0.497 e. The summed E-state index contributed by atoms with van der Waals surface area (Å²) in [5, 5.41) is 26.8. The minimum atomic E-state index is 0.168. The van der Waals surface area contributed by atoms with Crippen LogP contribution in [0.25, 0.3) is 11.1 Å². The van der Waals surface area contributed by atoms with Gasteiger partial charge < -0.3 is 48.5 Å². The highest BCUT2D eigenvalue weighted by atomic mass is 35.5. The standard InChI is InChI=1S/C62H58Cl2N6O8/c1-39-47(37-77-61-23-59(75-35-43-17-41(25-65)27-67-29-43)49(19-55(61)63)33-69-31-45-13-15-51(71-3)21-57(45)73-5)9-7-11-53(39)54-12-8-10-48(40(54)2)38-78-62-24-60(76-36-44-18-42(26-66)28-68-30-44)50(20-56(62)64)34-70-32-46-14-16-52(72-4)22-58(46)74-6/h7-24,27-30,69-70H,31-38H2,1-6H3. The van der Waals surface area contributed by atoms with Gasteiger partial charge in [-0.25, -0.2) is 0 Å². The van der Waals surface area contributed by atoms with Gasteiger partial charge in [0, 0.05) is 109 Å². The van der Waals surface area contributed by atoms with Crippen molar-refractivity contribution in [2.45, 2.75) is 66.5 Å². The molecule has 0 radical (unpaired) electrons. The molecule has 0 atom stereocenters. The quantitative estimate of drug-likeness (QED) is 0.0554. The van der Waals surface area contributed by atoms with Crippen molar-refractivity contribution in [1.82, 2.24) is 20.6 Å². The number of benzene rings is 6. The normalized spacial score (nSPS) is 10.8. The monoisotopic (exact) mass is 1080 g/mol. The molecule has 0 spiro atoms. The smallest absolute Gasteiger partial charge is 0.142 e. The van der Waals surface area contributed by atoms with Gasteiger partial charge in [-0.2, -0.15) is 10.5 Å². The molecule has 0 unspecified atom stereocenters. The summed E-state index contributed by atoms with van der Waals surface area (Å²) in [6.07, 6.45) is 6.37. The average molecular weight is 1090 g/mol. The maximum absolute atomic E-state index is 9.48. The van der Waals surface area contributed by atoms with Crippen molar-refractivity contribution in [2.24, 2.45) is 0 Å². The fraction of sp³-hybridized carbons (Fsp3) is 0.226. The van der Waals surface area contributed by atoms with Crippen LogP contribution in [0, 0.1) is 36.5 Å². The zero-order valence-electron chi connectivity index (χ0n) is 44.2. The van der Waals surface area contributed by atoms with E-state index in [-0.39, 0.29) is 26.4 Å². The number of nitrogens with one attached hydrogen (secondary N) is 2. The van der Waals surface area contributed by atoms with Crippen molar-refractivity contribution < 1.29 is 37.9 Å². The van der Waals surface area contributed by atoms with Crippen LogP contribution in [-0.4, -0.2) is 38.4 Å². The van der Waals surface area contributed by atoms with Gasteiger partial charge in [-0.05, 0) is 83.6 Å². The Morgan fingerprint density at radius 2 is 0.833 bits per heavy atom. The molecule has 0 bridgehead atoms. The zero-order chi connectivity index (χ0) is 55.0. The van der Waals surface area contributed by atoms with Crippen LogP contribution in [0.3, 0.4) is 0 Å². The Balaban J connectivity index is 0.981. The van der Waals surface area contributed by atoms with Crippen molar-refractivity contribution in [3.05, 3.63) is 211 Å². The van der Waals surface area contributed by atoms with Gasteiger partial charge in [0.2, 0.25) is 0 Å². The number of pyridine rings is 2. The molecule has 398 valence electrons. The molecular formula is C62H58Cl2N6O8. The maximum atomic E-state index is 9.48. The van der Waals surface area contributed by atoms with Gasteiger partial charge in [0.1, 0.15) is 84.6 Å². The number of methoxy groups -OCH3 is 4. The lowest BCUT2D eigenvalue weighted by Crippen LogP contribution is -2.15. The number of ether oxygens (including phenoxy) is 8. The number of nitrogens with zero attached hydrogens (tertiary/aromatic N) is 4. The molecule has 0 saturated heterocycles. The van der Waals surface area contributed by atoms with E-state index in [0.717, 1.165) is 66.8 Å². The molecule has 2 aromatic heterocycles. The molecule has 0 fully saturated rings. The summed E-state index contributed by atoms with van der Waals surface area (Å²) in [6, 6.07) is 38.8. The molecule has 2 N–H and O–H groups in total. The molecule has 8 aromatic rings. The molecule has 78 heavy (non-hydrogen) atoms. The first kappa shape index (κ1) is 55.7. The Hall–Kier alpha value is -8.50. The molecule has 16 heteroatoms. The van der Waals surface area contributed by atoms with Crippen LogP contribution >= 0.6 is 23.2 Å². The summed E-state index contributed by atoms with van der Waals surface area (Å²) in [5.74, 6) is 4.84. The third-order valence-electron chi connectivity index (χ3n) is 13.1. The fourth-order valence-corrected chi connectivity index (χ4v) is 9.21. The topological polar surface area (TPSA) is 171 Å². The lowest BCUT2D eigenvalue weighted by molar-refractivity contribution is 0.286. The molecule has 8 rings (SSSR count). The highest BCUT2D eigenvalue weighted by molar-refractivity contribution is 6.32. The molecule has 0 amide bonds. The van der Waals surface area contributed by atoms with Gasteiger partial charge in [-0.1, -0.05) is 71.7 Å². The van der Waals surface area contributed by atoms with Gasteiger partial charge in [-0.3, -0.25) is 9.97 Å². The molecule has 0 aliphatic carbocycles. The van der Waals surface area contributed by atoms with E-state index in [1.165, 1.54) is 12.4 Å². The van der Waals surface area contributed by atoms with E-state index in [0.29, 0.717) is 93.3 Å². The zero-order valence-corrected chi connectivity index (χ0v) is 45.7. The van der Waals surface area contributed by atoms with E-state index in [1.807, 2.05) is 72.8 Å². The summed E-state index contributed by atoms with van der Waals surface area (Å²) in [7, 11) is 6.49. The van der Waals surface area contributed by atoms with E-state index in [9.17, 15) is 10.5 Å². The van der Waals surface area contributed by atoms with E-state index >= 15 is 0 Å². The van der Waals surface area contributed by atoms with Gasteiger partial charge in [0.15, 0.2) is 0 Å². The van der Waals surface area contributed by atoms with Crippen LogP contribution in [0.4, 0.5) is 0 Å². The summed E-state index contributed by atoms with van der Waals surface area (Å²) in [4.78, 5) is 8.40. The Morgan fingerprint density at radius 3 is 1.23 bits per heavy atom. The van der Waals surface area contributed by atoms with Gasteiger partial charge in [-0.15, -0.1) is 0 Å². The van der Waals surface area contributed by atoms with E-state index in [4.69, 9.17) is 61.1 Å². The predicted molar refractivity (Wildman–Crippen MR) is 300 cm³/mol. The van der Waals surface area contributed by atoms with E-state index in [1.54, 1.807) is 65.1 Å². The number of rotatable bonds is 25. The molecular weight excluding hydrogens is 1030 g/mol. The van der Waals surface area contributed by atoms with Crippen molar-refractivity contribution >= 4 is 23.2 Å². The lowest BCUT2D eigenvalue weighted by Gasteiger charge is -2.19. The first-order valence-corrected chi connectivity index (χ1v) is 25.6. The second kappa shape index (κ2) is 27.0. The number of nitriles is 2. The minimum absolute atomic E-state index is 0.168. The van der Waals surface area contributed by atoms with Crippen molar-refractivity contribution in [3.63, 3.8) is 0 Å². The van der Waals surface area contributed by atoms with E-state index in [2.05, 4.69) is 58.7 Å². The van der Waals surface area contributed by atoms with Crippen LogP contribution in [0.1, 0.15) is 66.8 Å². The van der Waals surface area contributed by atoms with Crippen LogP contribution in [0.2, 0.25) is 10.0 Å². The number of halogens is 2.